The maximum absolute atomic E-state index is 12.0. The van der Waals surface area contributed by atoms with E-state index in [-0.39, 0.29) is 5.60 Å². The first-order chi connectivity index (χ1) is 11.4. The molecule has 1 aliphatic heterocycles. The van der Waals surface area contributed by atoms with Gasteiger partial charge >= 0.3 is 0 Å². The van der Waals surface area contributed by atoms with Gasteiger partial charge in [0.1, 0.15) is 5.78 Å². The predicted molar refractivity (Wildman–Crippen MR) is 94.6 cm³/mol. The third kappa shape index (κ3) is 1.95. The highest BCUT2D eigenvalue weighted by Gasteiger charge is 2.65. The Kier molecular flexibility index (Phi) is 3.22. The monoisotopic (exact) mass is 330 g/mol. The van der Waals surface area contributed by atoms with Gasteiger partial charge in [0.15, 0.2) is 0 Å². The zero-order valence-electron chi connectivity index (χ0n) is 15.8. The van der Waals surface area contributed by atoms with Crippen LogP contribution < -0.4 is 0 Å². The number of carbonyl (C=O) groups excluding carboxylic acids is 1. The van der Waals surface area contributed by atoms with Crippen molar-refractivity contribution in [3.8, 4) is 0 Å². The van der Waals surface area contributed by atoms with Crippen LogP contribution in [0.1, 0.15) is 78.6 Å². The lowest BCUT2D eigenvalue weighted by molar-refractivity contribution is -0.140. The summed E-state index contributed by atoms with van der Waals surface area (Å²) >= 11 is 0. The molecular weight excluding hydrogens is 296 g/mol. The summed E-state index contributed by atoms with van der Waals surface area (Å²) in [5.41, 5.74) is 1.17. The van der Waals surface area contributed by atoms with Crippen molar-refractivity contribution in [1.82, 2.24) is 0 Å². The normalized spacial score (nSPS) is 59.5. The van der Waals surface area contributed by atoms with Gasteiger partial charge in [0, 0.05) is 12.8 Å². The van der Waals surface area contributed by atoms with E-state index in [0.717, 1.165) is 43.1 Å². The van der Waals surface area contributed by atoms with Crippen LogP contribution in [-0.2, 0) is 9.53 Å². The highest BCUT2D eigenvalue weighted by molar-refractivity contribution is 5.79. The van der Waals surface area contributed by atoms with E-state index >= 15 is 0 Å². The highest BCUT2D eigenvalue weighted by Crippen LogP contribution is 2.69. The number of hydrogen-bond donors (Lipinski definition) is 0. The summed E-state index contributed by atoms with van der Waals surface area (Å²) in [4.78, 5) is 12.0. The van der Waals surface area contributed by atoms with E-state index in [2.05, 4.69) is 20.8 Å². The van der Waals surface area contributed by atoms with Crippen LogP contribution in [0.2, 0.25) is 0 Å². The van der Waals surface area contributed by atoms with Crippen LogP contribution in [0.25, 0.3) is 0 Å². The molecule has 134 valence electrons. The number of ketones is 1. The van der Waals surface area contributed by atoms with Crippen molar-refractivity contribution in [2.75, 3.05) is 6.61 Å². The summed E-state index contributed by atoms with van der Waals surface area (Å²) in [6.45, 7) is 8.52. The van der Waals surface area contributed by atoms with Crippen LogP contribution in [0.3, 0.4) is 0 Å². The summed E-state index contributed by atoms with van der Waals surface area (Å²) in [6, 6.07) is 0. The summed E-state index contributed by atoms with van der Waals surface area (Å²) in [5, 5.41) is 0. The van der Waals surface area contributed by atoms with E-state index in [4.69, 9.17) is 4.74 Å². The van der Waals surface area contributed by atoms with Crippen LogP contribution >= 0.6 is 0 Å². The molecule has 0 amide bonds. The predicted octanol–water partition coefficient (Wildman–Crippen LogP) is 5.00. The lowest BCUT2D eigenvalue weighted by Gasteiger charge is -2.60. The smallest absolute Gasteiger partial charge is 0.133 e. The van der Waals surface area contributed by atoms with Gasteiger partial charge in [0.25, 0.3) is 0 Å². The molecule has 0 radical (unpaired) electrons. The number of ether oxygens (including phenoxy) is 1. The Hall–Kier alpha value is -0.370. The molecule has 2 heteroatoms. The molecule has 0 aromatic rings. The Morgan fingerprint density at radius 1 is 0.917 bits per heavy atom. The number of epoxide rings is 1. The molecule has 24 heavy (non-hydrogen) atoms. The molecule has 5 rings (SSSR count). The zero-order chi connectivity index (χ0) is 16.7. The van der Waals surface area contributed by atoms with Gasteiger partial charge in [-0.3, -0.25) is 4.79 Å². The van der Waals surface area contributed by atoms with E-state index in [1.54, 1.807) is 0 Å². The molecule has 4 saturated carbocycles. The summed E-state index contributed by atoms with van der Waals surface area (Å²) < 4.78 is 5.91. The summed E-state index contributed by atoms with van der Waals surface area (Å²) in [7, 11) is 0. The lowest BCUT2D eigenvalue weighted by Crippen LogP contribution is -2.54. The van der Waals surface area contributed by atoms with Crippen molar-refractivity contribution in [2.24, 2.45) is 40.4 Å². The Morgan fingerprint density at radius 2 is 1.67 bits per heavy atom. The zero-order valence-corrected chi connectivity index (χ0v) is 15.8. The molecule has 0 N–H and O–H groups in total. The molecule has 0 aromatic heterocycles. The van der Waals surface area contributed by atoms with Crippen LogP contribution in [-0.4, -0.2) is 18.0 Å². The second-order valence-electron chi connectivity index (χ2n) is 10.7. The second kappa shape index (κ2) is 4.87. The summed E-state index contributed by atoms with van der Waals surface area (Å²) in [6.07, 6.45) is 11.2. The molecule has 8 atom stereocenters. The Labute approximate surface area is 147 Å². The third-order valence-electron chi connectivity index (χ3n) is 9.82. The Bertz CT molecular complexity index is 564. The van der Waals surface area contributed by atoms with Gasteiger partial charge in [-0.25, -0.2) is 0 Å². The Morgan fingerprint density at radius 3 is 2.42 bits per heavy atom. The van der Waals surface area contributed by atoms with E-state index in [9.17, 15) is 4.79 Å². The van der Waals surface area contributed by atoms with Gasteiger partial charge in [-0.2, -0.15) is 0 Å². The minimum absolute atomic E-state index is 0.203. The van der Waals surface area contributed by atoms with Crippen LogP contribution in [0.5, 0.6) is 0 Å². The molecule has 0 aromatic carbocycles. The molecule has 5 fully saturated rings. The van der Waals surface area contributed by atoms with E-state index in [1.807, 2.05) is 0 Å². The number of Topliss-reactive ketones (excluding diaryl/α,β-unsaturated/α-hetero) is 1. The van der Waals surface area contributed by atoms with Crippen molar-refractivity contribution in [3.63, 3.8) is 0 Å². The quantitative estimate of drug-likeness (QED) is 0.633. The minimum atomic E-state index is 0.203. The molecule has 0 spiro atoms. The number of carbonyl (C=O) groups is 1. The van der Waals surface area contributed by atoms with Crippen molar-refractivity contribution < 1.29 is 9.53 Å². The van der Waals surface area contributed by atoms with Crippen LogP contribution in [0.15, 0.2) is 0 Å². The van der Waals surface area contributed by atoms with Crippen molar-refractivity contribution in [3.05, 3.63) is 0 Å². The van der Waals surface area contributed by atoms with E-state index in [1.165, 1.54) is 44.9 Å². The highest BCUT2D eigenvalue weighted by atomic mass is 16.6. The van der Waals surface area contributed by atoms with Crippen molar-refractivity contribution in [2.45, 2.75) is 84.2 Å². The van der Waals surface area contributed by atoms with Gasteiger partial charge in [0.05, 0.1) is 12.2 Å². The topological polar surface area (TPSA) is 29.6 Å². The fourth-order valence-electron chi connectivity index (χ4n) is 8.36. The van der Waals surface area contributed by atoms with Gasteiger partial charge < -0.3 is 4.74 Å². The van der Waals surface area contributed by atoms with Gasteiger partial charge in [-0.05, 0) is 92.3 Å². The van der Waals surface area contributed by atoms with Gasteiger partial charge in [-0.15, -0.1) is 0 Å². The Balaban J connectivity index is 1.44. The maximum Gasteiger partial charge on any atom is 0.133 e. The first kappa shape index (κ1) is 15.9. The van der Waals surface area contributed by atoms with Crippen molar-refractivity contribution in [1.29, 1.82) is 0 Å². The molecular formula is C22H34O2. The van der Waals surface area contributed by atoms with E-state index < -0.39 is 0 Å². The average Bonchev–Trinajstić information content (AvgIpc) is 3.17. The average molecular weight is 331 g/mol. The first-order valence-corrected chi connectivity index (χ1v) is 10.5. The summed E-state index contributed by atoms with van der Waals surface area (Å²) in [5.74, 6) is 4.73. The second-order valence-corrected chi connectivity index (χ2v) is 10.7. The van der Waals surface area contributed by atoms with Crippen molar-refractivity contribution >= 4 is 5.78 Å². The maximum atomic E-state index is 12.0. The molecule has 1 saturated heterocycles. The molecule has 4 aliphatic carbocycles. The largest absolute Gasteiger partial charge is 0.370 e. The fourth-order valence-corrected chi connectivity index (χ4v) is 8.36. The van der Waals surface area contributed by atoms with Gasteiger partial charge in [-0.1, -0.05) is 13.8 Å². The van der Waals surface area contributed by atoms with Gasteiger partial charge in [0.2, 0.25) is 0 Å². The number of fused-ring (bicyclic) bond motifs is 5. The third-order valence-corrected chi connectivity index (χ3v) is 9.82. The lowest BCUT2D eigenvalue weighted by atomic mass is 9.44. The molecule has 0 bridgehead atoms. The van der Waals surface area contributed by atoms with Crippen LogP contribution in [0.4, 0.5) is 0 Å². The number of rotatable bonds is 1. The molecule has 5 unspecified atom stereocenters. The molecule has 2 nitrogen and oxygen atoms in total. The minimum Gasteiger partial charge on any atom is -0.370 e. The fraction of sp³-hybridized carbons (Fsp3) is 0.955. The standard InChI is InChI=1S/C22H34O2/c1-20-10-8-15(23)12-14(20)4-5-16-17-6-7-19(22(3)13-24-22)21(17,2)11-9-18(16)20/h14,16-19H,4-13H2,1-3H3/t14?,16?,17?,18?,19-,20-,21-,22?/m0/s1. The van der Waals surface area contributed by atoms with Crippen LogP contribution in [0, 0.1) is 40.4 Å². The number of hydrogen-bond acceptors (Lipinski definition) is 2. The first-order valence-electron chi connectivity index (χ1n) is 10.5. The van der Waals surface area contributed by atoms with E-state index in [0.29, 0.717) is 22.5 Å². The molecule has 5 aliphatic rings. The molecule has 1 heterocycles. The SMILES string of the molecule is CC1([C@H]2CCC3C4CCC5CC(=O)CC[C@]5(C)C4CC[C@@]32C)CO1.